The largest absolute Gasteiger partial charge is 0.481 e. The molecule has 0 aliphatic heterocycles. The van der Waals surface area contributed by atoms with Gasteiger partial charge < -0.3 is 18.8 Å². The van der Waals surface area contributed by atoms with Crippen molar-refractivity contribution in [3.63, 3.8) is 0 Å². The summed E-state index contributed by atoms with van der Waals surface area (Å²) in [6.45, 7) is 15.1. The predicted octanol–water partition coefficient (Wildman–Crippen LogP) is 5.02. The van der Waals surface area contributed by atoms with Gasteiger partial charge in [-0.15, -0.1) is 0 Å². The number of carbonyl (C=O) groups excluding carboxylic acids is 2. The van der Waals surface area contributed by atoms with Crippen molar-refractivity contribution in [1.82, 2.24) is 4.57 Å². The number of aromatic nitrogens is 1. The fourth-order valence-corrected chi connectivity index (χ4v) is 2.69. The number of hydrogen-bond donors (Lipinski definition) is 0. The van der Waals surface area contributed by atoms with Crippen molar-refractivity contribution in [2.75, 3.05) is 13.2 Å². The van der Waals surface area contributed by atoms with Crippen molar-refractivity contribution >= 4 is 11.9 Å². The van der Waals surface area contributed by atoms with Gasteiger partial charge in [0.05, 0.1) is 6.61 Å². The number of benzene rings is 1. The Morgan fingerprint density at radius 1 is 1.00 bits per heavy atom. The van der Waals surface area contributed by atoms with Crippen LogP contribution in [0.1, 0.15) is 63.3 Å². The molecule has 160 valence electrons. The van der Waals surface area contributed by atoms with Gasteiger partial charge in [-0.1, -0.05) is 13.8 Å². The first-order chi connectivity index (χ1) is 13.6. The molecule has 0 radical (unpaired) electrons. The third kappa shape index (κ3) is 6.97. The van der Waals surface area contributed by atoms with E-state index in [4.69, 9.17) is 14.2 Å². The number of nitrogens with zero attached hydrogens (tertiary/aromatic N) is 1. The van der Waals surface area contributed by atoms with Crippen molar-refractivity contribution in [2.24, 2.45) is 0 Å². The van der Waals surface area contributed by atoms with Crippen LogP contribution in [-0.4, -0.2) is 35.3 Å². The minimum Gasteiger partial charge on any atom is -0.481 e. The average molecular weight is 404 g/mol. The number of ether oxygens (including phenoxy) is 3. The summed E-state index contributed by atoms with van der Waals surface area (Å²) in [6, 6.07) is 9.25. The van der Waals surface area contributed by atoms with E-state index < -0.39 is 17.5 Å². The summed E-state index contributed by atoms with van der Waals surface area (Å²) in [5, 5.41) is 0. The summed E-state index contributed by atoms with van der Waals surface area (Å²) < 4.78 is 17.9. The maximum atomic E-state index is 12.7. The molecule has 0 saturated heterocycles. The zero-order valence-electron chi connectivity index (χ0n) is 18.8. The van der Waals surface area contributed by atoms with Gasteiger partial charge in [0.15, 0.2) is 6.61 Å². The molecular formula is C23H33NO5. The second kappa shape index (κ2) is 10.7. The minimum atomic E-state index is -0.648. The lowest BCUT2D eigenvalue weighted by Gasteiger charge is -2.21. The van der Waals surface area contributed by atoms with Crippen LogP contribution in [0.4, 0.5) is 0 Å². The zero-order valence-corrected chi connectivity index (χ0v) is 18.8. The molecule has 1 aromatic heterocycles. The molecule has 0 atom stereocenters. The topological polar surface area (TPSA) is 66.8 Å². The highest BCUT2D eigenvalue weighted by Gasteiger charge is 2.23. The van der Waals surface area contributed by atoms with E-state index in [0.717, 1.165) is 17.1 Å². The van der Waals surface area contributed by atoms with Crippen LogP contribution in [0.5, 0.6) is 5.75 Å². The van der Waals surface area contributed by atoms with Gasteiger partial charge in [0.2, 0.25) is 0 Å². The van der Waals surface area contributed by atoms with Gasteiger partial charge >= 0.3 is 11.9 Å². The molecular weight excluding hydrogens is 370 g/mol. The molecule has 6 nitrogen and oxygen atoms in total. The Bertz CT molecular complexity index is 811. The Hall–Kier alpha value is -2.76. The van der Waals surface area contributed by atoms with Crippen molar-refractivity contribution in [3.05, 3.63) is 47.3 Å². The molecule has 0 fully saturated rings. The number of rotatable bonds is 6. The second-order valence-electron chi connectivity index (χ2n) is 7.23. The fourth-order valence-electron chi connectivity index (χ4n) is 2.69. The molecule has 0 aliphatic rings. The highest BCUT2D eigenvalue weighted by atomic mass is 16.6. The summed E-state index contributed by atoms with van der Waals surface area (Å²) in [4.78, 5) is 24.3. The smallest absolute Gasteiger partial charge is 0.344 e. The lowest BCUT2D eigenvalue weighted by atomic mass is 10.1. The third-order valence-electron chi connectivity index (χ3n) is 3.76. The van der Waals surface area contributed by atoms with E-state index in [1.54, 1.807) is 39.8 Å². The molecule has 1 heterocycles. The summed E-state index contributed by atoms with van der Waals surface area (Å²) in [6.07, 6.45) is 0. The number of aryl methyl sites for hydroxylation is 2. The van der Waals surface area contributed by atoms with Crippen LogP contribution in [0.3, 0.4) is 0 Å². The number of hydrogen-bond acceptors (Lipinski definition) is 5. The fraction of sp³-hybridized carbons (Fsp3) is 0.478. The lowest BCUT2D eigenvalue weighted by molar-refractivity contribution is -0.145. The Labute approximate surface area is 173 Å². The van der Waals surface area contributed by atoms with Crippen LogP contribution >= 0.6 is 0 Å². The van der Waals surface area contributed by atoms with E-state index in [1.807, 2.05) is 50.5 Å². The molecule has 0 aliphatic carbocycles. The summed E-state index contributed by atoms with van der Waals surface area (Å²) in [5.41, 5.74) is 2.52. The van der Waals surface area contributed by atoms with Crippen LogP contribution in [-0.2, 0) is 14.3 Å². The van der Waals surface area contributed by atoms with Gasteiger partial charge in [-0.05, 0) is 71.9 Å². The molecule has 0 unspecified atom stereocenters. The molecule has 1 aromatic carbocycles. The van der Waals surface area contributed by atoms with Gasteiger partial charge in [0, 0.05) is 17.1 Å². The van der Waals surface area contributed by atoms with Gasteiger partial charge in [-0.2, -0.15) is 0 Å². The number of esters is 2. The minimum absolute atomic E-state index is 0.263. The predicted molar refractivity (Wildman–Crippen MR) is 114 cm³/mol. The van der Waals surface area contributed by atoms with E-state index in [2.05, 4.69) is 0 Å². The van der Waals surface area contributed by atoms with Crippen molar-refractivity contribution < 1.29 is 23.8 Å². The van der Waals surface area contributed by atoms with Gasteiger partial charge in [0.1, 0.15) is 16.9 Å². The van der Waals surface area contributed by atoms with E-state index in [1.165, 1.54) is 0 Å². The molecule has 29 heavy (non-hydrogen) atoms. The molecule has 0 N–H and O–H groups in total. The first kappa shape index (κ1) is 24.3. The summed E-state index contributed by atoms with van der Waals surface area (Å²) >= 11 is 0. The summed E-state index contributed by atoms with van der Waals surface area (Å²) in [5.74, 6) is -0.719. The Kier molecular flexibility index (Phi) is 8.95. The van der Waals surface area contributed by atoms with Crippen LogP contribution in [0.2, 0.25) is 0 Å². The first-order valence-electron chi connectivity index (χ1n) is 9.93. The molecule has 0 bridgehead atoms. The SMILES string of the molecule is CC.CCOC(=O)COc1ccc(-n2c(C)ccc2C)cc1C(=O)OC(C)(C)C. The quantitative estimate of drug-likeness (QED) is 0.634. The van der Waals surface area contributed by atoms with Gasteiger partial charge in [0.25, 0.3) is 0 Å². The maximum Gasteiger partial charge on any atom is 0.344 e. The number of carbonyl (C=O) groups is 2. The normalized spacial score (nSPS) is 10.6. The van der Waals surface area contributed by atoms with Crippen molar-refractivity contribution in [3.8, 4) is 11.4 Å². The van der Waals surface area contributed by atoms with E-state index in [-0.39, 0.29) is 24.5 Å². The van der Waals surface area contributed by atoms with E-state index in [9.17, 15) is 9.59 Å². The van der Waals surface area contributed by atoms with Crippen LogP contribution < -0.4 is 4.74 Å². The highest BCUT2D eigenvalue weighted by Crippen LogP contribution is 2.27. The Balaban J connectivity index is 0.00000204. The van der Waals surface area contributed by atoms with Crippen LogP contribution in [0.25, 0.3) is 5.69 Å². The Morgan fingerprint density at radius 2 is 1.59 bits per heavy atom. The standard InChI is InChI=1S/C21H27NO5.C2H6/c1-7-25-19(23)13-26-18-11-10-16(22-14(2)8-9-15(22)3)12-17(18)20(24)27-21(4,5)6;1-2/h8-12H,7,13H2,1-6H3;1-2H3. The molecule has 2 rings (SSSR count). The Morgan fingerprint density at radius 3 is 2.10 bits per heavy atom. The van der Waals surface area contributed by atoms with E-state index in [0.29, 0.717) is 0 Å². The molecule has 6 heteroatoms. The van der Waals surface area contributed by atoms with Crippen LogP contribution in [0.15, 0.2) is 30.3 Å². The zero-order chi connectivity index (χ0) is 22.2. The average Bonchev–Trinajstić information content (AvgIpc) is 2.99. The first-order valence-corrected chi connectivity index (χ1v) is 9.93. The van der Waals surface area contributed by atoms with Gasteiger partial charge in [-0.3, -0.25) is 0 Å². The molecule has 2 aromatic rings. The highest BCUT2D eigenvalue weighted by molar-refractivity contribution is 5.93. The van der Waals surface area contributed by atoms with Gasteiger partial charge in [-0.25, -0.2) is 9.59 Å². The van der Waals surface area contributed by atoms with Crippen molar-refractivity contribution in [2.45, 2.75) is 61.0 Å². The maximum absolute atomic E-state index is 12.7. The van der Waals surface area contributed by atoms with Crippen LogP contribution in [0, 0.1) is 13.8 Å². The third-order valence-corrected chi connectivity index (χ3v) is 3.76. The van der Waals surface area contributed by atoms with Crippen molar-refractivity contribution in [1.29, 1.82) is 0 Å². The van der Waals surface area contributed by atoms with E-state index >= 15 is 0 Å². The summed E-state index contributed by atoms with van der Waals surface area (Å²) in [7, 11) is 0. The molecule has 0 saturated carbocycles. The lowest BCUT2D eigenvalue weighted by Crippen LogP contribution is -2.25. The monoisotopic (exact) mass is 403 g/mol. The second-order valence-corrected chi connectivity index (χ2v) is 7.23. The molecule has 0 spiro atoms. The molecule has 0 amide bonds.